The average Bonchev–Trinajstić information content (AvgIpc) is 2.40. The summed E-state index contributed by atoms with van der Waals surface area (Å²) >= 11 is 3.65. The third-order valence-electron chi connectivity index (χ3n) is 2.85. The first-order chi connectivity index (χ1) is 9.11. The molecule has 0 atom stereocenters. The van der Waals surface area contributed by atoms with E-state index in [1.54, 1.807) is 7.11 Å². The number of halogens is 1. The first-order valence-corrected chi connectivity index (χ1v) is 6.88. The molecule has 3 heteroatoms. The van der Waals surface area contributed by atoms with Crippen molar-refractivity contribution in [2.45, 2.75) is 13.5 Å². The average molecular weight is 321 g/mol. The van der Waals surface area contributed by atoms with Crippen LogP contribution in [0.1, 0.15) is 12.5 Å². The zero-order chi connectivity index (χ0) is 13.8. The topological polar surface area (TPSA) is 18.5 Å². The van der Waals surface area contributed by atoms with Crippen LogP contribution in [0, 0.1) is 0 Å². The van der Waals surface area contributed by atoms with E-state index >= 15 is 0 Å². The van der Waals surface area contributed by atoms with Crippen molar-refractivity contribution in [2.24, 2.45) is 0 Å². The van der Waals surface area contributed by atoms with Crippen molar-refractivity contribution in [1.29, 1.82) is 0 Å². The predicted octanol–water partition coefficient (Wildman–Crippen LogP) is 4.70. The molecule has 2 rings (SSSR count). The molecule has 0 aliphatic heterocycles. The predicted molar refractivity (Wildman–Crippen MR) is 82.7 cm³/mol. The number of fused-ring (bicyclic) bond motifs is 1. The molecular formula is C16H17BrO2. The van der Waals surface area contributed by atoms with E-state index in [1.165, 1.54) is 0 Å². The normalized spacial score (nSPS) is 10.7. The van der Waals surface area contributed by atoms with E-state index in [9.17, 15) is 0 Å². The molecule has 0 saturated heterocycles. The van der Waals surface area contributed by atoms with E-state index in [0.717, 1.165) is 32.1 Å². The number of ether oxygens (including phenoxy) is 2. The summed E-state index contributed by atoms with van der Waals surface area (Å²) in [6.45, 7) is 6.96. The van der Waals surface area contributed by atoms with Gasteiger partial charge >= 0.3 is 0 Å². The zero-order valence-corrected chi connectivity index (χ0v) is 12.8. The van der Waals surface area contributed by atoms with Gasteiger partial charge in [-0.3, -0.25) is 0 Å². The fraction of sp³-hybridized carbons (Fsp3) is 0.250. The van der Waals surface area contributed by atoms with Gasteiger partial charge in [0.1, 0.15) is 5.75 Å². The van der Waals surface area contributed by atoms with Crippen molar-refractivity contribution in [2.75, 3.05) is 13.7 Å². The van der Waals surface area contributed by atoms with Crippen LogP contribution < -0.4 is 4.74 Å². The van der Waals surface area contributed by atoms with Gasteiger partial charge in [-0.25, -0.2) is 0 Å². The van der Waals surface area contributed by atoms with Crippen molar-refractivity contribution in [1.82, 2.24) is 0 Å². The largest absolute Gasteiger partial charge is 0.497 e. The lowest BCUT2D eigenvalue weighted by Gasteiger charge is -2.10. The molecule has 0 aromatic heterocycles. The number of methoxy groups -OCH3 is 1. The molecule has 2 aromatic carbocycles. The second-order valence-corrected chi connectivity index (χ2v) is 5.37. The van der Waals surface area contributed by atoms with Crippen LogP contribution in [0.2, 0.25) is 0 Å². The van der Waals surface area contributed by atoms with E-state index in [1.807, 2.05) is 19.1 Å². The Morgan fingerprint density at radius 2 is 2.05 bits per heavy atom. The molecule has 0 spiro atoms. The second kappa shape index (κ2) is 6.22. The molecule has 19 heavy (non-hydrogen) atoms. The monoisotopic (exact) mass is 320 g/mol. The maximum Gasteiger partial charge on any atom is 0.119 e. The van der Waals surface area contributed by atoms with Crippen LogP contribution in [-0.2, 0) is 11.3 Å². The van der Waals surface area contributed by atoms with E-state index < -0.39 is 0 Å². The lowest BCUT2D eigenvalue weighted by atomic mass is 10.1. The summed E-state index contributed by atoms with van der Waals surface area (Å²) in [5, 5.41) is 2.31. The quantitative estimate of drug-likeness (QED) is 0.743. The minimum Gasteiger partial charge on any atom is -0.497 e. The van der Waals surface area contributed by atoms with E-state index in [4.69, 9.17) is 9.47 Å². The highest BCUT2D eigenvalue weighted by molar-refractivity contribution is 9.10. The van der Waals surface area contributed by atoms with Crippen molar-refractivity contribution in [3.63, 3.8) is 0 Å². The highest BCUT2D eigenvalue weighted by atomic mass is 79.9. The molecule has 0 radical (unpaired) electrons. The summed E-state index contributed by atoms with van der Waals surface area (Å²) in [5.41, 5.74) is 2.17. The van der Waals surface area contributed by atoms with Gasteiger partial charge in [-0.05, 0) is 57.4 Å². The number of hydrogen-bond acceptors (Lipinski definition) is 2. The minimum atomic E-state index is 0.579. The van der Waals surface area contributed by atoms with Crippen molar-refractivity contribution in [3.8, 4) is 5.75 Å². The summed E-state index contributed by atoms with van der Waals surface area (Å²) in [6.07, 6.45) is 0. The first kappa shape index (κ1) is 14.1. The van der Waals surface area contributed by atoms with Crippen LogP contribution in [0.3, 0.4) is 0 Å². The van der Waals surface area contributed by atoms with Gasteiger partial charge in [0.05, 0.1) is 20.3 Å². The van der Waals surface area contributed by atoms with E-state index in [-0.39, 0.29) is 0 Å². The highest BCUT2D eigenvalue weighted by Gasteiger charge is 2.06. The van der Waals surface area contributed by atoms with E-state index in [2.05, 4.69) is 40.7 Å². The SMILES string of the molecule is C=C(C)COCc1ccc2cc(OC)ccc2c1Br. The number of rotatable bonds is 5. The zero-order valence-electron chi connectivity index (χ0n) is 11.2. The Hall–Kier alpha value is -1.32. The van der Waals surface area contributed by atoms with Crippen LogP contribution >= 0.6 is 15.9 Å². The molecule has 2 nitrogen and oxygen atoms in total. The minimum absolute atomic E-state index is 0.579. The summed E-state index contributed by atoms with van der Waals surface area (Å²) in [5.74, 6) is 0.866. The van der Waals surface area contributed by atoms with Crippen LogP contribution in [0.25, 0.3) is 10.8 Å². The maximum atomic E-state index is 5.60. The molecule has 0 heterocycles. The van der Waals surface area contributed by atoms with E-state index in [0.29, 0.717) is 13.2 Å². The number of benzene rings is 2. The summed E-state index contributed by atoms with van der Waals surface area (Å²) in [6, 6.07) is 10.2. The Bertz CT molecular complexity index is 605. The Morgan fingerprint density at radius 1 is 1.26 bits per heavy atom. The van der Waals surface area contributed by atoms with Crippen molar-refractivity contribution in [3.05, 3.63) is 52.5 Å². The van der Waals surface area contributed by atoms with Crippen molar-refractivity contribution >= 4 is 26.7 Å². The molecule has 100 valence electrons. The summed E-state index contributed by atoms with van der Waals surface area (Å²) in [7, 11) is 1.68. The Kier molecular flexibility index (Phi) is 4.61. The van der Waals surface area contributed by atoms with Gasteiger partial charge in [0.2, 0.25) is 0 Å². The fourth-order valence-electron chi connectivity index (χ4n) is 1.89. The third kappa shape index (κ3) is 3.37. The smallest absolute Gasteiger partial charge is 0.119 e. The van der Waals surface area contributed by atoms with Crippen LogP contribution in [0.15, 0.2) is 47.0 Å². The molecule has 0 N–H and O–H groups in total. The summed E-state index contributed by atoms with van der Waals surface area (Å²) < 4.78 is 11.9. The van der Waals surface area contributed by atoms with Gasteiger partial charge in [-0.2, -0.15) is 0 Å². The lowest BCUT2D eigenvalue weighted by Crippen LogP contribution is -1.97. The lowest BCUT2D eigenvalue weighted by molar-refractivity contribution is 0.142. The Balaban J connectivity index is 2.27. The molecule has 0 aliphatic carbocycles. The van der Waals surface area contributed by atoms with Gasteiger partial charge in [0.25, 0.3) is 0 Å². The highest BCUT2D eigenvalue weighted by Crippen LogP contribution is 2.30. The molecular weight excluding hydrogens is 304 g/mol. The standard InChI is InChI=1S/C16H17BrO2/c1-11(2)9-19-10-13-5-4-12-8-14(18-3)6-7-15(12)16(13)17/h4-8H,1,9-10H2,2-3H3. The van der Waals surface area contributed by atoms with Gasteiger partial charge in [0, 0.05) is 4.47 Å². The molecule has 0 saturated carbocycles. The number of hydrogen-bond donors (Lipinski definition) is 0. The molecule has 0 bridgehead atoms. The summed E-state index contributed by atoms with van der Waals surface area (Å²) in [4.78, 5) is 0. The second-order valence-electron chi connectivity index (χ2n) is 4.58. The maximum absolute atomic E-state index is 5.60. The third-order valence-corrected chi connectivity index (χ3v) is 3.78. The van der Waals surface area contributed by atoms with Crippen LogP contribution in [0.4, 0.5) is 0 Å². The van der Waals surface area contributed by atoms with Crippen LogP contribution in [0.5, 0.6) is 5.75 Å². The van der Waals surface area contributed by atoms with Gasteiger partial charge in [0.15, 0.2) is 0 Å². The van der Waals surface area contributed by atoms with Crippen molar-refractivity contribution < 1.29 is 9.47 Å². The fourth-order valence-corrected chi connectivity index (χ4v) is 2.50. The van der Waals surface area contributed by atoms with Gasteiger partial charge in [-0.15, -0.1) is 0 Å². The van der Waals surface area contributed by atoms with Gasteiger partial charge < -0.3 is 9.47 Å². The molecule has 0 fully saturated rings. The molecule has 2 aromatic rings. The molecule has 0 unspecified atom stereocenters. The Labute approximate surface area is 122 Å². The molecule has 0 aliphatic rings. The Morgan fingerprint density at radius 3 is 2.74 bits per heavy atom. The van der Waals surface area contributed by atoms with Crippen LogP contribution in [-0.4, -0.2) is 13.7 Å². The molecule has 0 amide bonds. The first-order valence-electron chi connectivity index (χ1n) is 6.09. The van der Waals surface area contributed by atoms with Gasteiger partial charge in [-0.1, -0.05) is 24.3 Å².